The van der Waals surface area contributed by atoms with Gasteiger partial charge in [0.2, 0.25) is 5.91 Å². The van der Waals surface area contributed by atoms with Gasteiger partial charge in [-0.1, -0.05) is 12.1 Å². The van der Waals surface area contributed by atoms with Crippen LogP contribution in [0.4, 0.5) is 10.5 Å². The normalized spacial score (nSPS) is 19.8. The van der Waals surface area contributed by atoms with E-state index >= 15 is 0 Å². The second-order valence-corrected chi connectivity index (χ2v) is 11.5. The van der Waals surface area contributed by atoms with Crippen molar-refractivity contribution in [2.45, 2.75) is 76.5 Å². The van der Waals surface area contributed by atoms with Crippen molar-refractivity contribution >= 4 is 17.7 Å². The number of nitrogens with one attached hydrogen (secondary N) is 2. The fourth-order valence-electron chi connectivity index (χ4n) is 5.10. The third kappa shape index (κ3) is 5.37. The molecule has 3 N–H and O–H groups in total. The maximum absolute atomic E-state index is 13.5. The highest BCUT2D eigenvalue weighted by atomic mass is 16.6. The molecule has 188 valence electrons. The fourth-order valence-corrected chi connectivity index (χ4v) is 5.10. The molecule has 2 aromatic rings. The van der Waals surface area contributed by atoms with Crippen LogP contribution in [0.1, 0.15) is 64.9 Å². The van der Waals surface area contributed by atoms with Crippen molar-refractivity contribution in [1.82, 2.24) is 15.1 Å². The van der Waals surface area contributed by atoms with Crippen molar-refractivity contribution in [2.24, 2.45) is 24.8 Å². The quantitative estimate of drug-likeness (QED) is 0.521. The molecule has 1 heterocycles. The minimum atomic E-state index is -0.780. The topological polar surface area (TPSA) is 105 Å². The Balaban J connectivity index is 1.33. The molecular formula is C27H36N4O4. The Hall–Kier alpha value is -2.87. The number of carbonyl (C=O) groups is 2. The Labute approximate surface area is 206 Å². The molecule has 0 spiro atoms. The molecule has 5 rings (SSSR count). The first-order valence-corrected chi connectivity index (χ1v) is 12.7. The summed E-state index contributed by atoms with van der Waals surface area (Å²) in [6.45, 7) is 5.45. The second kappa shape index (κ2) is 8.66. The number of nitrogens with zero attached hydrogens (tertiary/aromatic N) is 2. The van der Waals surface area contributed by atoms with E-state index < -0.39 is 23.3 Å². The third-order valence-electron chi connectivity index (χ3n) is 7.26. The molecular weight excluding hydrogens is 444 g/mol. The van der Waals surface area contributed by atoms with Gasteiger partial charge in [-0.25, -0.2) is 4.79 Å². The Morgan fingerprint density at radius 2 is 1.71 bits per heavy atom. The van der Waals surface area contributed by atoms with Crippen LogP contribution in [0, 0.1) is 17.8 Å². The molecule has 1 atom stereocenters. The van der Waals surface area contributed by atoms with Crippen molar-refractivity contribution < 1.29 is 19.4 Å². The molecule has 3 aliphatic rings. The van der Waals surface area contributed by atoms with Gasteiger partial charge in [0.25, 0.3) is 0 Å². The van der Waals surface area contributed by atoms with Crippen LogP contribution in [-0.2, 0) is 22.2 Å². The van der Waals surface area contributed by atoms with Crippen LogP contribution in [0.25, 0.3) is 11.3 Å². The second-order valence-electron chi connectivity index (χ2n) is 11.5. The summed E-state index contributed by atoms with van der Waals surface area (Å²) < 4.78 is 7.25. The van der Waals surface area contributed by atoms with Crippen molar-refractivity contribution in [1.29, 1.82) is 0 Å². The lowest BCUT2D eigenvalue weighted by atomic mass is 9.88. The number of hydrogen-bond acceptors (Lipinski definition) is 5. The van der Waals surface area contributed by atoms with Crippen LogP contribution < -0.4 is 10.6 Å². The molecule has 0 unspecified atom stereocenters. The van der Waals surface area contributed by atoms with Gasteiger partial charge in [0, 0.05) is 23.9 Å². The number of anilines is 1. The lowest BCUT2D eigenvalue weighted by Gasteiger charge is -2.29. The Kier molecular flexibility index (Phi) is 5.90. The summed E-state index contributed by atoms with van der Waals surface area (Å²) in [7, 11) is 1.86. The van der Waals surface area contributed by atoms with Crippen LogP contribution in [0.5, 0.6) is 0 Å². The van der Waals surface area contributed by atoms with Gasteiger partial charge < -0.3 is 20.5 Å². The summed E-state index contributed by atoms with van der Waals surface area (Å²) in [6, 6.07) is 6.94. The van der Waals surface area contributed by atoms with Crippen molar-refractivity contribution in [3.05, 3.63) is 36.0 Å². The molecule has 3 saturated carbocycles. The number of aromatic nitrogens is 2. The van der Waals surface area contributed by atoms with E-state index in [4.69, 9.17) is 4.74 Å². The zero-order chi connectivity index (χ0) is 25.0. The highest BCUT2D eigenvalue weighted by Crippen LogP contribution is 2.51. The molecule has 0 radical (unpaired) electrons. The van der Waals surface area contributed by atoms with Gasteiger partial charge in [-0.3, -0.25) is 9.48 Å². The number of aryl methyl sites for hydroxylation is 1. The van der Waals surface area contributed by atoms with E-state index in [2.05, 4.69) is 15.7 Å². The maximum Gasteiger partial charge on any atom is 0.408 e. The molecule has 3 aliphatic carbocycles. The number of ether oxygens (including phenoxy) is 1. The van der Waals surface area contributed by atoms with Gasteiger partial charge in [0.1, 0.15) is 11.6 Å². The third-order valence-corrected chi connectivity index (χ3v) is 7.26. The Morgan fingerprint density at radius 3 is 2.23 bits per heavy atom. The van der Waals surface area contributed by atoms with Gasteiger partial charge in [-0.2, -0.15) is 5.10 Å². The zero-order valence-corrected chi connectivity index (χ0v) is 21.0. The number of benzene rings is 1. The molecule has 0 aliphatic heterocycles. The first kappa shape index (κ1) is 23.9. The van der Waals surface area contributed by atoms with E-state index in [1.165, 1.54) is 0 Å². The summed E-state index contributed by atoms with van der Waals surface area (Å²) in [6.07, 6.45) is 7.10. The van der Waals surface area contributed by atoms with E-state index in [9.17, 15) is 14.7 Å². The van der Waals surface area contributed by atoms with E-state index in [1.807, 2.05) is 52.1 Å². The molecule has 3 fully saturated rings. The summed E-state index contributed by atoms with van der Waals surface area (Å²) in [5.74, 6) is 0.887. The lowest BCUT2D eigenvalue weighted by Crippen LogP contribution is -2.51. The Morgan fingerprint density at radius 1 is 1.11 bits per heavy atom. The molecule has 0 bridgehead atoms. The zero-order valence-electron chi connectivity index (χ0n) is 21.0. The van der Waals surface area contributed by atoms with E-state index in [0.29, 0.717) is 17.5 Å². The van der Waals surface area contributed by atoms with Gasteiger partial charge in [0.15, 0.2) is 0 Å². The number of carbonyl (C=O) groups excluding carboxylic acids is 2. The van der Waals surface area contributed by atoms with Crippen LogP contribution in [0.15, 0.2) is 30.5 Å². The van der Waals surface area contributed by atoms with Gasteiger partial charge in [-0.05, 0) is 89.2 Å². The number of aliphatic hydroxyl groups is 1. The summed E-state index contributed by atoms with van der Waals surface area (Å²) in [4.78, 5) is 26.1. The molecule has 8 nitrogen and oxygen atoms in total. The van der Waals surface area contributed by atoms with Crippen molar-refractivity contribution in [3.8, 4) is 11.3 Å². The predicted octanol–water partition coefficient (Wildman–Crippen LogP) is 4.34. The smallest absolute Gasteiger partial charge is 0.408 e. The minimum Gasteiger partial charge on any atom is -0.444 e. The van der Waals surface area contributed by atoms with Crippen molar-refractivity contribution in [3.63, 3.8) is 0 Å². The predicted molar refractivity (Wildman–Crippen MR) is 133 cm³/mol. The van der Waals surface area contributed by atoms with E-state index in [1.54, 1.807) is 10.9 Å². The molecule has 8 heteroatoms. The summed E-state index contributed by atoms with van der Waals surface area (Å²) in [5.41, 5.74) is 1.90. The molecule has 2 amide bonds. The van der Waals surface area contributed by atoms with Crippen LogP contribution in [0.2, 0.25) is 0 Å². The highest BCUT2D eigenvalue weighted by Gasteiger charge is 2.49. The summed E-state index contributed by atoms with van der Waals surface area (Å²) in [5, 5.41) is 20.9. The molecule has 35 heavy (non-hydrogen) atoms. The van der Waals surface area contributed by atoms with Gasteiger partial charge >= 0.3 is 6.09 Å². The number of amides is 2. The van der Waals surface area contributed by atoms with Crippen LogP contribution in [0.3, 0.4) is 0 Å². The highest BCUT2D eigenvalue weighted by molar-refractivity contribution is 5.97. The first-order chi connectivity index (χ1) is 16.5. The summed E-state index contributed by atoms with van der Waals surface area (Å²) >= 11 is 0. The monoisotopic (exact) mass is 480 g/mol. The molecule has 1 aromatic carbocycles. The average Bonchev–Trinajstić information content (AvgIpc) is 3.65. The van der Waals surface area contributed by atoms with Crippen LogP contribution in [-0.4, -0.2) is 38.5 Å². The molecule has 1 aromatic heterocycles. The minimum absolute atomic E-state index is 0.137. The van der Waals surface area contributed by atoms with E-state index in [-0.39, 0.29) is 11.8 Å². The number of alkyl carbamates (subject to hydrolysis) is 1. The number of hydrogen-bond donors (Lipinski definition) is 3. The fraction of sp³-hybridized carbons (Fsp3) is 0.593. The molecule has 0 saturated heterocycles. The van der Waals surface area contributed by atoms with Gasteiger partial charge in [0.05, 0.1) is 17.5 Å². The van der Waals surface area contributed by atoms with Crippen molar-refractivity contribution in [2.75, 3.05) is 5.32 Å². The maximum atomic E-state index is 13.5. The lowest BCUT2D eigenvalue weighted by molar-refractivity contribution is -0.120. The van der Waals surface area contributed by atoms with E-state index in [0.717, 1.165) is 55.3 Å². The number of rotatable bonds is 8. The van der Waals surface area contributed by atoms with Crippen LogP contribution >= 0.6 is 0 Å². The van der Waals surface area contributed by atoms with Gasteiger partial charge in [-0.15, -0.1) is 0 Å². The Bertz CT molecular complexity index is 1090. The average molecular weight is 481 g/mol. The SMILES string of the molecule is Cn1ncc(C2(O)CC2)c1-c1ccc(NC(=O)[C@@H](NC(=O)OC(C)(C)C)C(C2CC2)C2CC2)cc1. The standard InChI is InChI=1S/C27H36N4O4/c1-26(2,3)35-25(33)30-22(21(16-5-6-16)17-7-8-17)24(32)29-19-11-9-18(10-12-19)23-20(15-28-31(23)4)27(34)13-14-27/h9-12,15-17,21-22,34H,5-8,13-14H2,1-4H3,(H,29,32)(H,30,33)/t22-/m0/s1. The largest absolute Gasteiger partial charge is 0.444 e. The first-order valence-electron chi connectivity index (χ1n) is 12.7.